The molecule has 2 heterocycles. The summed E-state index contributed by atoms with van der Waals surface area (Å²) in [7, 11) is 0. The Morgan fingerprint density at radius 3 is 2.79 bits per heavy atom. The number of carbonyl (C=O) groups excluding carboxylic acids is 3. The quantitative estimate of drug-likeness (QED) is 0.0726. The highest BCUT2D eigenvalue weighted by Crippen LogP contribution is 2.33. The Hall–Kier alpha value is -3.10. The van der Waals surface area contributed by atoms with E-state index < -0.39 is 17.1 Å². The van der Waals surface area contributed by atoms with E-state index in [0.29, 0.717) is 50.0 Å². The fourth-order valence-corrected chi connectivity index (χ4v) is 6.59. The molecule has 3 unspecified atom stereocenters. The van der Waals surface area contributed by atoms with Crippen molar-refractivity contribution >= 4 is 35.5 Å². The number of nitrogens with zero attached hydrogens (tertiary/aromatic N) is 2. The van der Waals surface area contributed by atoms with Gasteiger partial charge in [0.25, 0.3) is 5.69 Å². The number of nitrogens with one attached hydrogen (secondary N) is 4. The van der Waals surface area contributed by atoms with Crippen LogP contribution in [0.25, 0.3) is 0 Å². The lowest BCUT2D eigenvalue weighted by Gasteiger charge is -2.23. The van der Waals surface area contributed by atoms with Crippen LogP contribution < -0.4 is 21.3 Å². The number of thioether (sulfide) groups is 1. The first kappa shape index (κ1) is 33.4. The molecule has 0 saturated carbocycles. The van der Waals surface area contributed by atoms with Crippen LogP contribution in [0.2, 0.25) is 0 Å². The van der Waals surface area contributed by atoms with Gasteiger partial charge in [-0.15, -0.1) is 0 Å². The average molecular weight is 609 g/mol. The number of aliphatic hydroxyl groups excluding tert-OH is 1. The third-order valence-corrected chi connectivity index (χ3v) is 8.87. The van der Waals surface area contributed by atoms with Crippen LogP contribution >= 0.6 is 11.8 Å². The average Bonchev–Trinajstić information content (AvgIpc) is 3.51. The maximum Gasteiger partial charge on any atom is 0.410 e. The summed E-state index contributed by atoms with van der Waals surface area (Å²) in [4.78, 5) is 48.7. The van der Waals surface area contributed by atoms with E-state index in [0.717, 1.165) is 37.9 Å². The van der Waals surface area contributed by atoms with E-state index in [9.17, 15) is 29.6 Å². The summed E-state index contributed by atoms with van der Waals surface area (Å²) < 4.78 is 5.39. The predicted octanol–water partition coefficient (Wildman–Crippen LogP) is 2.82. The lowest BCUT2D eigenvalue weighted by atomic mass is 10.0. The molecule has 0 spiro atoms. The minimum absolute atomic E-state index is 0.00203. The van der Waals surface area contributed by atoms with Crippen molar-refractivity contribution in [2.45, 2.75) is 82.4 Å². The molecule has 3 rings (SSSR count). The standard InChI is InChI=1S/C28H44N6O7S/c1-3-4-15-41-28(38)33(17-20-9-10-23(34(39)40)21(16-20)19(2)35)14-13-29-11-12-30-25(36)8-6-5-7-24-26-22(18-42-24)31-27(37)32-26/h9-10,16,19,22,24,26,29,35H,3-8,11-15,17-18H2,1-2H3,(H,30,36)(H2,31,32,37)/t19?,22?,24-,26?/m0/s1. The Kier molecular flexibility index (Phi) is 13.6. The first-order valence-electron chi connectivity index (χ1n) is 14.7. The van der Waals surface area contributed by atoms with Gasteiger partial charge in [0.05, 0.1) is 35.3 Å². The van der Waals surface area contributed by atoms with Crippen molar-refractivity contribution in [3.8, 4) is 0 Å². The molecule has 14 heteroatoms. The lowest BCUT2D eigenvalue weighted by molar-refractivity contribution is -0.386. The van der Waals surface area contributed by atoms with Crippen LogP contribution in [-0.4, -0.2) is 88.8 Å². The molecule has 42 heavy (non-hydrogen) atoms. The molecule has 2 fully saturated rings. The summed E-state index contributed by atoms with van der Waals surface area (Å²) in [6.07, 6.45) is 3.28. The SMILES string of the molecule is CCCCOC(=O)N(CCNCCNC(=O)CCCC[C@@H]1SCC2NC(=O)NC21)Cc1ccc([N+](=O)[O-])c(C(C)O)c1. The summed E-state index contributed by atoms with van der Waals surface area (Å²) >= 11 is 1.88. The molecule has 2 aliphatic rings. The molecule has 13 nitrogen and oxygen atoms in total. The number of hydrogen-bond acceptors (Lipinski definition) is 9. The number of unbranched alkanes of at least 4 members (excludes halogenated alkanes) is 2. The van der Waals surface area contributed by atoms with Gasteiger partial charge < -0.3 is 36.0 Å². The van der Waals surface area contributed by atoms with E-state index in [2.05, 4.69) is 21.3 Å². The van der Waals surface area contributed by atoms with Gasteiger partial charge >= 0.3 is 12.1 Å². The Labute approximate surface area is 251 Å². The minimum Gasteiger partial charge on any atom is -0.449 e. The second kappa shape index (κ2) is 17.1. The van der Waals surface area contributed by atoms with Gasteiger partial charge in [-0.3, -0.25) is 14.9 Å². The molecule has 234 valence electrons. The highest BCUT2D eigenvalue weighted by Gasteiger charge is 2.42. The number of fused-ring (bicyclic) bond motifs is 1. The number of hydrogen-bond donors (Lipinski definition) is 5. The van der Waals surface area contributed by atoms with Crippen LogP contribution in [0.4, 0.5) is 15.3 Å². The van der Waals surface area contributed by atoms with Crippen LogP contribution in [0.5, 0.6) is 0 Å². The van der Waals surface area contributed by atoms with Gasteiger partial charge in [-0.25, -0.2) is 9.59 Å². The fraction of sp³-hybridized carbons (Fsp3) is 0.679. The number of nitro benzene ring substituents is 1. The van der Waals surface area contributed by atoms with Crippen molar-refractivity contribution in [1.82, 2.24) is 26.2 Å². The molecule has 4 atom stereocenters. The van der Waals surface area contributed by atoms with Crippen molar-refractivity contribution < 1.29 is 29.2 Å². The van der Waals surface area contributed by atoms with Crippen LogP contribution in [0.3, 0.4) is 0 Å². The first-order valence-corrected chi connectivity index (χ1v) is 15.8. The molecule has 0 aromatic heterocycles. The van der Waals surface area contributed by atoms with E-state index in [-0.39, 0.29) is 41.8 Å². The van der Waals surface area contributed by atoms with Crippen molar-refractivity contribution in [1.29, 1.82) is 0 Å². The Morgan fingerprint density at radius 1 is 1.24 bits per heavy atom. The first-order chi connectivity index (χ1) is 20.2. The summed E-state index contributed by atoms with van der Waals surface area (Å²) in [6, 6.07) is 4.78. The Balaban J connectivity index is 1.36. The summed E-state index contributed by atoms with van der Waals surface area (Å²) in [5.41, 5.74) is 0.667. The molecule has 0 radical (unpaired) electrons. The van der Waals surface area contributed by atoms with Gasteiger partial charge in [0.2, 0.25) is 5.91 Å². The number of aliphatic hydroxyl groups is 1. The maximum atomic E-state index is 12.7. The third-order valence-electron chi connectivity index (χ3n) is 7.36. The third kappa shape index (κ3) is 10.3. The zero-order valence-electron chi connectivity index (χ0n) is 24.4. The zero-order valence-corrected chi connectivity index (χ0v) is 25.2. The number of ether oxygens (including phenoxy) is 1. The number of rotatable bonds is 18. The predicted molar refractivity (Wildman–Crippen MR) is 160 cm³/mol. The van der Waals surface area contributed by atoms with Crippen molar-refractivity contribution in [3.63, 3.8) is 0 Å². The second-order valence-electron chi connectivity index (χ2n) is 10.7. The van der Waals surface area contributed by atoms with E-state index in [1.54, 1.807) is 12.1 Å². The van der Waals surface area contributed by atoms with E-state index in [1.165, 1.54) is 17.9 Å². The van der Waals surface area contributed by atoms with Crippen LogP contribution in [0.1, 0.15) is 69.6 Å². The highest BCUT2D eigenvalue weighted by atomic mass is 32.2. The van der Waals surface area contributed by atoms with Crippen molar-refractivity contribution in [3.05, 3.63) is 39.4 Å². The lowest BCUT2D eigenvalue weighted by Crippen LogP contribution is -2.39. The number of carbonyl (C=O) groups is 3. The minimum atomic E-state index is -1.03. The molecule has 2 aliphatic heterocycles. The van der Waals surface area contributed by atoms with E-state index in [4.69, 9.17) is 4.74 Å². The van der Waals surface area contributed by atoms with Crippen LogP contribution in [0.15, 0.2) is 18.2 Å². The number of nitro groups is 1. The summed E-state index contributed by atoms with van der Waals surface area (Å²) in [5.74, 6) is 0.929. The smallest absolute Gasteiger partial charge is 0.410 e. The molecule has 2 saturated heterocycles. The zero-order chi connectivity index (χ0) is 30.5. The fourth-order valence-electron chi connectivity index (χ4n) is 5.05. The molecule has 0 bridgehead atoms. The summed E-state index contributed by atoms with van der Waals surface area (Å²) in [6.45, 7) is 5.72. The Bertz CT molecular complexity index is 1080. The molecule has 1 aromatic rings. The largest absolute Gasteiger partial charge is 0.449 e. The molecular weight excluding hydrogens is 564 g/mol. The van der Waals surface area contributed by atoms with Gasteiger partial charge in [0.15, 0.2) is 0 Å². The molecule has 0 aliphatic carbocycles. The number of amides is 4. The topological polar surface area (TPSA) is 175 Å². The summed E-state index contributed by atoms with van der Waals surface area (Å²) in [5, 5.41) is 33.8. The number of urea groups is 1. The van der Waals surface area contributed by atoms with Crippen molar-refractivity contribution in [2.24, 2.45) is 0 Å². The van der Waals surface area contributed by atoms with Crippen LogP contribution in [0, 0.1) is 10.1 Å². The monoisotopic (exact) mass is 608 g/mol. The van der Waals surface area contributed by atoms with Crippen LogP contribution in [-0.2, 0) is 16.1 Å². The Morgan fingerprint density at radius 2 is 2.05 bits per heavy atom. The second-order valence-corrected chi connectivity index (χ2v) is 12.0. The van der Waals surface area contributed by atoms with E-state index >= 15 is 0 Å². The van der Waals surface area contributed by atoms with Gasteiger partial charge in [-0.2, -0.15) is 11.8 Å². The maximum absolute atomic E-state index is 12.7. The molecule has 5 N–H and O–H groups in total. The van der Waals surface area contributed by atoms with Crippen molar-refractivity contribution in [2.75, 3.05) is 38.5 Å². The van der Waals surface area contributed by atoms with Gasteiger partial charge in [-0.1, -0.05) is 25.8 Å². The van der Waals surface area contributed by atoms with Gasteiger partial charge in [0.1, 0.15) is 0 Å². The highest BCUT2D eigenvalue weighted by molar-refractivity contribution is 8.00. The normalized spacial score (nSPS) is 19.9. The van der Waals surface area contributed by atoms with E-state index in [1.807, 2.05) is 18.7 Å². The van der Waals surface area contributed by atoms with Gasteiger partial charge in [-0.05, 0) is 37.8 Å². The molecular formula is C28H44N6O7S. The molecule has 4 amide bonds. The number of benzene rings is 1. The molecule has 1 aromatic carbocycles. The van der Waals surface area contributed by atoms with Gasteiger partial charge in [0, 0.05) is 56.2 Å².